The lowest BCUT2D eigenvalue weighted by Crippen LogP contribution is -2.28. The largest absolute Gasteiger partial charge is 0.438 e. The fourth-order valence-corrected chi connectivity index (χ4v) is 3.33. The van der Waals surface area contributed by atoms with Crippen LogP contribution in [0.4, 0.5) is 11.4 Å². The third-order valence-electron chi connectivity index (χ3n) is 4.99. The van der Waals surface area contributed by atoms with Crippen LogP contribution in [-0.2, 0) is 9.59 Å². The number of aromatic nitrogens is 1. The molecule has 0 spiro atoms. The maximum absolute atomic E-state index is 12.7. The molecule has 0 radical (unpaired) electrons. The van der Waals surface area contributed by atoms with Crippen molar-refractivity contribution in [1.29, 1.82) is 5.26 Å². The van der Waals surface area contributed by atoms with Gasteiger partial charge in [0.25, 0.3) is 5.91 Å². The number of aryl methyl sites for hydroxylation is 1. The van der Waals surface area contributed by atoms with Gasteiger partial charge in [-0.1, -0.05) is 0 Å². The summed E-state index contributed by atoms with van der Waals surface area (Å²) in [5.41, 5.74) is 2.52. The normalized spacial score (nSPS) is 13.1. The van der Waals surface area contributed by atoms with E-state index in [-0.39, 0.29) is 36.4 Å². The third kappa shape index (κ3) is 4.18. The zero-order valence-electron chi connectivity index (χ0n) is 17.2. The van der Waals surface area contributed by atoms with Crippen LogP contribution in [0.15, 0.2) is 60.8 Å². The Morgan fingerprint density at radius 3 is 2.47 bits per heavy atom. The van der Waals surface area contributed by atoms with Gasteiger partial charge < -0.3 is 10.1 Å². The van der Waals surface area contributed by atoms with Crippen LogP contribution in [0.3, 0.4) is 0 Å². The van der Waals surface area contributed by atoms with E-state index in [1.807, 2.05) is 13.0 Å². The van der Waals surface area contributed by atoms with E-state index in [9.17, 15) is 14.4 Å². The average molecular weight is 426 g/mol. The van der Waals surface area contributed by atoms with Crippen molar-refractivity contribution < 1.29 is 19.1 Å². The monoisotopic (exact) mass is 426 g/mol. The van der Waals surface area contributed by atoms with E-state index >= 15 is 0 Å². The number of anilines is 2. The minimum Gasteiger partial charge on any atom is -0.438 e. The Bertz CT molecular complexity index is 1250. The van der Waals surface area contributed by atoms with Gasteiger partial charge in [0.05, 0.1) is 5.69 Å². The summed E-state index contributed by atoms with van der Waals surface area (Å²) >= 11 is 0. The van der Waals surface area contributed by atoms with Gasteiger partial charge in [-0.25, -0.2) is 4.98 Å². The number of imide groups is 1. The van der Waals surface area contributed by atoms with Gasteiger partial charge in [0.1, 0.15) is 17.4 Å². The highest BCUT2D eigenvalue weighted by Gasteiger charge is 2.30. The molecule has 0 saturated carbocycles. The second-order valence-electron chi connectivity index (χ2n) is 7.17. The Morgan fingerprint density at radius 2 is 1.81 bits per heavy atom. The topological polar surface area (TPSA) is 112 Å². The van der Waals surface area contributed by atoms with Gasteiger partial charge in [-0.2, -0.15) is 5.26 Å². The van der Waals surface area contributed by atoms with Gasteiger partial charge in [0.15, 0.2) is 0 Å². The average Bonchev–Trinajstić information content (AvgIpc) is 3.14. The fourth-order valence-electron chi connectivity index (χ4n) is 3.33. The molecule has 32 heavy (non-hydrogen) atoms. The molecular formula is C24H18N4O4. The summed E-state index contributed by atoms with van der Waals surface area (Å²) in [5, 5.41) is 12.0. The quantitative estimate of drug-likeness (QED) is 0.618. The molecule has 1 fully saturated rings. The summed E-state index contributed by atoms with van der Waals surface area (Å²) in [6, 6.07) is 16.7. The first kappa shape index (κ1) is 20.8. The Hall–Kier alpha value is -4.51. The number of pyridine rings is 1. The number of nitrogens with zero attached hydrogens (tertiary/aromatic N) is 3. The van der Waals surface area contributed by atoms with Crippen LogP contribution in [-0.4, -0.2) is 22.7 Å². The highest BCUT2D eigenvalue weighted by molar-refractivity contribution is 6.20. The Balaban J connectivity index is 1.46. The molecule has 0 atom stereocenters. The molecule has 158 valence electrons. The van der Waals surface area contributed by atoms with Gasteiger partial charge in [-0.05, 0) is 67.1 Å². The third-order valence-corrected chi connectivity index (χ3v) is 4.99. The summed E-state index contributed by atoms with van der Waals surface area (Å²) in [5.74, 6) is -0.111. The van der Waals surface area contributed by atoms with E-state index in [0.29, 0.717) is 28.3 Å². The van der Waals surface area contributed by atoms with Gasteiger partial charge in [0, 0.05) is 30.3 Å². The summed E-state index contributed by atoms with van der Waals surface area (Å²) in [6.45, 7) is 1.82. The molecular weight excluding hydrogens is 408 g/mol. The molecule has 0 bridgehead atoms. The molecule has 4 rings (SSSR count). The van der Waals surface area contributed by atoms with E-state index in [1.165, 1.54) is 0 Å². The molecule has 1 aliphatic heterocycles. The molecule has 2 heterocycles. The molecule has 3 aromatic rings. The van der Waals surface area contributed by atoms with E-state index in [4.69, 9.17) is 10.00 Å². The van der Waals surface area contributed by atoms with Gasteiger partial charge in [-0.15, -0.1) is 0 Å². The molecule has 0 unspecified atom stereocenters. The summed E-state index contributed by atoms with van der Waals surface area (Å²) < 4.78 is 5.70. The van der Waals surface area contributed by atoms with Gasteiger partial charge in [-0.3, -0.25) is 19.3 Å². The first-order chi connectivity index (χ1) is 15.5. The molecule has 3 amide bonds. The second-order valence-corrected chi connectivity index (χ2v) is 7.17. The van der Waals surface area contributed by atoms with Crippen LogP contribution in [0.5, 0.6) is 11.6 Å². The first-order valence-electron chi connectivity index (χ1n) is 9.87. The smallest absolute Gasteiger partial charge is 0.255 e. The number of carbonyl (C=O) groups is 3. The van der Waals surface area contributed by atoms with Crippen LogP contribution >= 0.6 is 0 Å². The molecule has 8 heteroatoms. The maximum atomic E-state index is 12.7. The van der Waals surface area contributed by atoms with Crippen molar-refractivity contribution in [3.63, 3.8) is 0 Å². The summed E-state index contributed by atoms with van der Waals surface area (Å²) in [7, 11) is 0. The lowest BCUT2D eigenvalue weighted by molar-refractivity contribution is -0.121. The van der Waals surface area contributed by atoms with Gasteiger partial charge in [0.2, 0.25) is 17.7 Å². The number of rotatable bonds is 5. The van der Waals surface area contributed by atoms with Crippen LogP contribution < -0.4 is 15.0 Å². The van der Waals surface area contributed by atoms with Gasteiger partial charge >= 0.3 is 0 Å². The Labute approximate surface area is 184 Å². The first-order valence-corrected chi connectivity index (χ1v) is 9.87. The second kappa shape index (κ2) is 8.70. The van der Waals surface area contributed by atoms with E-state index in [2.05, 4.69) is 10.3 Å². The number of benzene rings is 2. The van der Waals surface area contributed by atoms with Crippen LogP contribution in [0.1, 0.15) is 34.3 Å². The molecule has 2 aromatic carbocycles. The van der Waals surface area contributed by atoms with Crippen molar-refractivity contribution in [3.05, 3.63) is 77.5 Å². The van der Waals surface area contributed by atoms with Crippen molar-refractivity contribution in [2.45, 2.75) is 19.8 Å². The van der Waals surface area contributed by atoms with Crippen molar-refractivity contribution >= 4 is 29.1 Å². The van der Waals surface area contributed by atoms with Crippen molar-refractivity contribution in [1.82, 2.24) is 4.98 Å². The van der Waals surface area contributed by atoms with Crippen LogP contribution in [0.25, 0.3) is 0 Å². The van der Waals surface area contributed by atoms with Crippen molar-refractivity contribution in [2.24, 2.45) is 0 Å². The standard InChI is InChI=1S/C24H18N4O4/c1-15-13-19(32-24-17(14-25)3-2-12-26-24)8-9-20(15)27-23(31)16-4-6-18(7-5-16)28-21(29)10-11-22(28)30/h2-9,12-13H,10-11H2,1H3,(H,27,31). The minimum absolute atomic E-state index is 0.207. The molecule has 1 aromatic heterocycles. The summed E-state index contributed by atoms with van der Waals surface area (Å²) in [6.07, 6.45) is 1.95. The number of hydrogen-bond donors (Lipinski definition) is 1. The molecule has 8 nitrogen and oxygen atoms in total. The molecule has 1 saturated heterocycles. The zero-order chi connectivity index (χ0) is 22.7. The van der Waals surface area contributed by atoms with Crippen molar-refractivity contribution in [2.75, 3.05) is 10.2 Å². The minimum atomic E-state index is -0.330. The molecule has 1 aliphatic rings. The number of carbonyl (C=O) groups excluding carboxylic acids is 3. The number of nitrogens with one attached hydrogen (secondary N) is 1. The van der Waals surface area contributed by atoms with Crippen molar-refractivity contribution in [3.8, 4) is 17.7 Å². The van der Waals surface area contributed by atoms with E-state index < -0.39 is 0 Å². The lowest BCUT2D eigenvalue weighted by Gasteiger charge is -2.14. The maximum Gasteiger partial charge on any atom is 0.255 e. The number of amides is 3. The molecule has 1 N–H and O–H groups in total. The number of ether oxygens (including phenoxy) is 1. The Kier molecular flexibility index (Phi) is 5.64. The summed E-state index contributed by atoms with van der Waals surface area (Å²) in [4.78, 5) is 41.6. The predicted octanol–water partition coefficient (Wildman–Crippen LogP) is 3.96. The highest BCUT2D eigenvalue weighted by atomic mass is 16.5. The van der Waals surface area contributed by atoms with Crippen LogP contribution in [0, 0.1) is 18.3 Å². The number of hydrogen-bond acceptors (Lipinski definition) is 6. The fraction of sp³-hybridized carbons (Fsp3) is 0.125. The van der Waals surface area contributed by atoms with Crippen LogP contribution in [0.2, 0.25) is 0 Å². The zero-order valence-corrected chi connectivity index (χ0v) is 17.2. The van der Waals surface area contributed by atoms with E-state index in [0.717, 1.165) is 10.5 Å². The van der Waals surface area contributed by atoms with E-state index in [1.54, 1.807) is 60.8 Å². The number of nitriles is 1. The highest BCUT2D eigenvalue weighted by Crippen LogP contribution is 2.27. The molecule has 0 aliphatic carbocycles. The predicted molar refractivity (Wildman–Crippen MR) is 116 cm³/mol. The Morgan fingerprint density at radius 1 is 1.09 bits per heavy atom. The lowest BCUT2D eigenvalue weighted by atomic mass is 10.1. The SMILES string of the molecule is Cc1cc(Oc2ncccc2C#N)ccc1NC(=O)c1ccc(N2C(=O)CCC2=O)cc1.